The van der Waals surface area contributed by atoms with E-state index in [0.29, 0.717) is 22.2 Å². The predicted molar refractivity (Wildman–Crippen MR) is 104 cm³/mol. The summed E-state index contributed by atoms with van der Waals surface area (Å²) >= 11 is 5.79. The summed E-state index contributed by atoms with van der Waals surface area (Å²) in [5.74, 6) is 0.398. The van der Waals surface area contributed by atoms with Gasteiger partial charge in [-0.05, 0) is 50.2 Å². The zero-order chi connectivity index (χ0) is 20.2. The number of sulfonamides is 1. The van der Waals surface area contributed by atoms with Gasteiger partial charge in [0.05, 0.1) is 24.8 Å². The molecule has 0 aliphatic carbocycles. The normalized spacial score (nSPS) is 11.7. The van der Waals surface area contributed by atoms with Crippen LogP contribution in [-0.2, 0) is 14.8 Å². The third-order valence-electron chi connectivity index (χ3n) is 3.74. The Labute approximate surface area is 163 Å². The van der Waals surface area contributed by atoms with Gasteiger partial charge in [0.15, 0.2) is 0 Å². The summed E-state index contributed by atoms with van der Waals surface area (Å²) < 4.78 is 37.8. The molecule has 0 spiro atoms. The van der Waals surface area contributed by atoms with Crippen molar-refractivity contribution in [2.45, 2.75) is 24.3 Å². The minimum absolute atomic E-state index is 0.00908. The summed E-state index contributed by atoms with van der Waals surface area (Å²) in [6, 6.07) is 10.5. The van der Waals surface area contributed by atoms with E-state index in [2.05, 4.69) is 10.0 Å². The van der Waals surface area contributed by atoms with Crippen LogP contribution < -0.4 is 19.5 Å². The number of hydrogen-bond acceptors (Lipinski definition) is 5. The number of ether oxygens (including phenoxy) is 2. The molecule has 0 unspecified atom stereocenters. The Balaban J connectivity index is 2.21. The van der Waals surface area contributed by atoms with Crippen LogP contribution in [0.2, 0.25) is 5.02 Å². The van der Waals surface area contributed by atoms with E-state index in [1.54, 1.807) is 18.2 Å². The SMILES string of the molecule is COc1ccc(NC(=O)C(C)(C)NS(=O)(=O)c2ccc(Cl)cc2)c(OC)c1. The fraction of sp³-hybridized carbons (Fsp3) is 0.278. The average molecular weight is 413 g/mol. The van der Waals surface area contributed by atoms with E-state index in [4.69, 9.17) is 21.1 Å². The van der Waals surface area contributed by atoms with Crippen molar-refractivity contribution in [1.82, 2.24) is 4.72 Å². The van der Waals surface area contributed by atoms with Gasteiger partial charge in [-0.25, -0.2) is 8.42 Å². The number of anilines is 1. The zero-order valence-corrected chi connectivity index (χ0v) is 16.9. The first-order valence-corrected chi connectivity index (χ1v) is 9.78. The standard InChI is InChI=1S/C18H21ClN2O5S/c1-18(2,21-27(23,24)14-8-5-12(19)6-9-14)17(22)20-15-10-7-13(25-3)11-16(15)26-4/h5-11,21H,1-4H3,(H,20,22). The summed E-state index contributed by atoms with van der Waals surface area (Å²) in [6.07, 6.45) is 0. The summed E-state index contributed by atoms with van der Waals surface area (Å²) in [4.78, 5) is 12.7. The number of rotatable bonds is 7. The van der Waals surface area contributed by atoms with E-state index in [1.807, 2.05) is 0 Å². The molecule has 0 aliphatic heterocycles. The van der Waals surface area contributed by atoms with Gasteiger partial charge in [-0.3, -0.25) is 4.79 Å². The molecule has 0 bridgehead atoms. The summed E-state index contributed by atoms with van der Waals surface area (Å²) in [5.41, 5.74) is -1.04. The summed E-state index contributed by atoms with van der Waals surface area (Å²) in [7, 11) is -0.946. The number of methoxy groups -OCH3 is 2. The molecule has 0 fully saturated rings. The molecule has 0 radical (unpaired) electrons. The van der Waals surface area contributed by atoms with Gasteiger partial charge in [-0.1, -0.05) is 11.6 Å². The Morgan fingerprint density at radius 2 is 1.67 bits per heavy atom. The van der Waals surface area contributed by atoms with Crippen molar-refractivity contribution in [3.05, 3.63) is 47.5 Å². The minimum atomic E-state index is -3.92. The number of halogens is 1. The van der Waals surface area contributed by atoms with E-state index in [9.17, 15) is 13.2 Å². The Hall–Kier alpha value is -2.29. The van der Waals surface area contributed by atoms with Crippen molar-refractivity contribution in [2.24, 2.45) is 0 Å². The number of carbonyl (C=O) groups is 1. The maximum Gasteiger partial charge on any atom is 0.245 e. The lowest BCUT2D eigenvalue weighted by atomic mass is 10.1. The highest BCUT2D eigenvalue weighted by molar-refractivity contribution is 7.89. The van der Waals surface area contributed by atoms with Crippen LogP contribution >= 0.6 is 11.6 Å². The molecule has 2 aromatic rings. The quantitative estimate of drug-likeness (QED) is 0.728. The predicted octanol–water partition coefficient (Wildman–Crippen LogP) is 3.05. The third kappa shape index (κ3) is 5.12. The van der Waals surface area contributed by atoms with Crippen molar-refractivity contribution in [3.8, 4) is 11.5 Å². The fourth-order valence-electron chi connectivity index (χ4n) is 2.24. The molecular weight excluding hydrogens is 392 g/mol. The van der Waals surface area contributed by atoms with Crippen molar-refractivity contribution in [3.63, 3.8) is 0 Å². The van der Waals surface area contributed by atoms with Crippen LogP contribution in [0.3, 0.4) is 0 Å². The van der Waals surface area contributed by atoms with E-state index in [1.165, 1.54) is 52.3 Å². The molecule has 2 rings (SSSR count). The van der Waals surface area contributed by atoms with Crippen molar-refractivity contribution in [1.29, 1.82) is 0 Å². The number of benzene rings is 2. The smallest absolute Gasteiger partial charge is 0.245 e. The van der Waals surface area contributed by atoms with Gasteiger partial charge in [0, 0.05) is 11.1 Å². The molecule has 2 N–H and O–H groups in total. The van der Waals surface area contributed by atoms with Gasteiger partial charge in [0.25, 0.3) is 0 Å². The number of nitrogens with one attached hydrogen (secondary N) is 2. The molecule has 0 saturated heterocycles. The van der Waals surface area contributed by atoms with Gasteiger partial charge in [-0.15, -0.1) is 0 Å². The monoisotopic (exact) mass is 412 g/mol. The molecule has 27 heavy (non-hydrogen) atoms. The fourth-order valence-corrected chi connectivity index (χ4v) is 3.74. The van der Waals surface area contributed by atoms with E-state index >= 15 is 0 Å². The van der Waals surface area contributed by atoms with Crippen LogP contribution in [0.5, 0.6) is 11.5 Å². The van der Waals surface area contributed by atoms with Gasteiger partial charge < -0.3 is 14.8 Å². The molecule has 7 nitrogen and oxygen atoms in total. The topological polar surface area (TPSA) is 93.7 Å². The average Bonchev–Trinajstić information content (AvgIpc) is 2.61. The maximum absolute atomic E-state index is 12.7. The Kier molecular flexibility index (Phi) is 6.35. The summed E-state index contributed by atoms with van der Waals surface area (Å²) in [5, 5.41) is 3.08. The lowest BCUT2D eigenvalue weighted by Gasteiger charge is -2.25. The summed E-state index contributed by atoms with van der Waals surface area (Å²) in [6.45, 7) is 2.93. The molecule has 0 atom stereocenters. The van der Waals surface area contributed by atoms with Gasteiger partial charge in [-0.2, -0.15) is 4.72 Å². The van der Waals surface area contributed by atoms with Crippen molar-refractivity contribution >= 4 is 33.2 Å². The Morgan fingerprint density at radius 1 is 1.04 bits per heavy atom. The molecule has 0 aliphatic rings. The first-order valence-electron chi connectivity index (χ1n) is 7.92. The molecule has 1 amide bonds. The van der Waals surface area contributed by atoms with Gasteiger partial charge in [0.2, 0.25) is 15.9 Å². The van der Waals surface area contributed by atoms with Crippen LogP contribution in [0.25, 0.3) is 0 Å². The van der Waals surface area contributed by atoms with Crippen LogP contribution in [0.4, 0.5) is 5.69 Å². The van der Waals surface area contributed by atoms with Crippen molar-refractivity contribution < 1.29 is 22.7 Å². The van der Waals surface area contributed by atoms with Crippen molar-refractivity contribution in [2.75, 3.05) is 19.5 Å². The van der Waals surface area contributed by atoms with Crippen LogP contribution in [-0.4, -0.2) is 34.1 Å². The highest BCUT2D eigenvalue weighted by Crippen LogP contribution is 2.29. The second kappa shape index (κ2) is 8.16. The minimum Gasteiger partial charge on any atom is -0.497 e. The Morgan fingerprint density at radius 3 is 2.22 bits per heavy atom. The molecule has 0 aromatic heterocycles. The molecule has 2 aromatic carbocycles. The number of carbonyl (C=O) groups excluding carboxylic acids is 1. The van der Waals surface area contributed by atoms with E-state index in [-0.39, 0.29) is 4.90 Å². The van der Waals surface area contributed by atoms with E-state index < -0.39 is 21.5 Å². The third-order valence-corrected chi connectivity index (χ3v) is 5.66. The highest BCUT2D eigenvalue weighted by atomic mass is 35.5. The van der Waals surface area contributed by atoms with Gasteiger partial charge in [0.1, 0.15) is 17.0 Å². The Bertz CT molecular complexity index is 927. The van der Waals surface area contributed by atoms with Gasteiger partial charge >= 0.3 is 0 Å². The van der Waals surface area contributed by atoms with Crippen LogP contribution in [0, 0.1) is 0 Å². The van der Waals surface area contributed by atoms with Crippen LogP contribution in [0.1, 0.15) is 13.8 Å². The van der Waals surface area contributed by atoms with E-state index in [0.717, 1.165) is 0 Å². The zero-order valence-electron chi connectivity index (χ0n) is 15.4. The molecule has 146 valence electrons. The highest BCUT2D eigenvalue weighted by Gasteiger charge is 2.33. The lowest BCUT2D eigenvalue weighted by Crippen LogP contribution is -2.52. The molecule has 9 heteroatoms. The maximum atomic E-state index is 12.7. The molecule has 0 saturated carbocycles. The first-order chi connectivity index (χ1) is 12.6. The number of hydrogen-bond donors (Lipinski definition) is 2. The molecule has 0 heterocycles. The molecular formula is C18H21ClN2O5S. The second-order valence-corrected chi connectivity index (χ2v) is 8.32. The number of amides is 1. The lowest BCUT2D eigenvalue weighted by molar-refractivity contribution is -0.120. The first kappa shape index (κ1) is 21.0. The van der Waals surface area contributed by atoms with Crippen LogP contribution in [0.15, 0.2) is 47.4 Å². The second-order valence-electron chi connectivity index (χ2n) is 6.20. The largest absolute Gasteiger partial charge is 0.497 e.